The smallest absolute Gasteiger partial charge is 0.324 e. The van der Waals surface area contributed by atoms with E-state index in [0.717, 1.165) is 64.9 Å². The van der Waals surface area contributed by atoms with Gasteiger partial charge in [-0.2, -0.15) is 10.0 Å². The first-order valence-electron chi connectivity index (χ1n) is 22.9. The molecule has 0 atom stereocenters. The fraction of sp³-hybridized carbons (Fsp3) is 0.388. The third kappa shape index (κ3) is 12.5. The number of hydrogen-bond acceptors (Lipinski definition) is 10. The molecule has 0 spiro atoms. The number of allylic oxidation sites excluding steroid dienone is 2. The molecular weight excluding hydrogens is 923 g/mol. The van der Waals surface area contributed by atoms with E-state index in [-0.39, 0.29) is 32.5 Å². The van der Waals surface area contributed by atoms with E-state index in [9.17, 15) is 9.59 Å². The molecule has 1 N–H and O–H groups in total. The Labute approximate surface area is 399 Å². The van der Waals surface area contributed by atoms with Crippen LogP contribution in [0.1, 0.15) is 95.5 Å². The number of aromatic nitrogens is 12. The van der Waals surface area contributed by atoms with Crippen LogP contribution in [0, 0.1) is 0 Å². The van der Waals surface area contributed by atoms with Crippen LogP contribution < -0.4 is 0 Å². The maximum atomic E-state index is 12.9. The molecule has 2 fully saturated rings. The van der Waals surface area contributed by atoms with Crippen molar-refractivity contribution in [2.75, 3.05) is 14.1 Å². The van der Waals surface area contributed by atoms with Crippen molar-refractivity contribution >= 4 is 12.1 Å². The average molecular weight is 982 g/mol. The van der Waals surface area contributed by atoms with Gasteiger partial charge in [0.1, 0.15) is 12.7 Å². The van der Waals surface area contributed by atoms with E-state index in [1.807, 2.05) is 103 Å². The minimum Gasteiger partial charge on any atom is -0.324 e. The molecule has 3 aromatic carbocycles. The molecular formula is C49H58N14O2Pd. The topological polar surface area (TPSA) is 174 Å². The summed E-state index contributed by atoms with van der Waals surface area (Å²) in [7, 11) is 3.78. The number of carbonyl (C=O) groups is 2. The quantitative estimate of drug-likeness (QED) is 0.114. The van der Waals surface area contributed by atoms with Crippen molar-refractivity contribution in [2.45, 2.75) is 109 Å². The third-order valence-electron chi connectivity index (χ3n) is 12.4. The molecule has 3 aliphatic rings. The molecule has 0 bridgehead atoms. The number of hydrogen-bond donors (Lipinski definition) is 1. The maximum Gasteiger partial charge on any atom is 0.329 e. The molecule has 2 saturated carbocycles. The van der Waals surface area contributed by atoms with E-state index in [0.29, 0.717) is 30.3 Å². The van der Waals surface area contributed by atoms with Crippen LogP contribution in [-0.2, 0) is 27.0 Å². The summed E-state index contributed by atoms with van der Waals surface area (Å²) in [6, 6.07) is 26.2. The predicted octanol–water partition coefficient (Wildman–Crippen LogP) is 9.56. The largest absolute Gasteiger partial charge is 0.329 e. The van der Waals surface area contributed by atoms with Gasteiger partial charge in [0, 0.05) is 81.2 Å². The van der Waals surface area contributed by atoms with Gasteiger partial charge in [0.2, 0.25) is 11.6 Å². The first kappa shape index (κ1) is 47.5. The monoisotopic (exact) mass is 980 g/mol. The van der Waals surface area contributed by atoms with Crippen molar-refractivity contribution in [1.82, 2.24) is 69.7 Å². The Hall–Kier alpha value is -6.44. The average Bonchev–Trinajstić information content (AvgIpc) is 4.24. The minimum atomic E-state index is -0.0395. The van der Waals surface area contributed by atoms with Gasteiger partial charge < -0.3 is 9.80 Å². The summed E-state index contributed by atoms with van der Waals surface area (Å²) in [6.45, 7) is 0.564. The molecule has 0 saturated heterocycles. The van der Waals surface area contributed by atoms with E-state index >= 15 is 0 Å². The van der Waals surface area contributed by atoms with Crippen LogP contribution in [0.3, 0.4) is 0 Å². The summed E-state index contributed by atoms with van der Waals surface area (Å²) in [5, 5.41) is 27.0. The summed E-state index contributed by atoms with van der Waals surface area (Å²) in [5.41, 5.74) is 6.09. The number of nitrogens with one attached hydrogen (secondary N) is 1. The minimum absolute atomic E-state index is 0. The number of tetrazole rings is 2. The molecule has 346 valence electrons. The van der Waals surface area contributed by atoms with E-state index in [1.165, 1.54) is 64.2 Å². The molecule has 4 aromatic heterocycles. The van der Waals surface area contributed by atoms with Crippen molar-refractivity contribution in [3.8, 4) is 45.3 Å². The number of aromatic amines is 1. The third-order valence-corrected chi connectivity index (χ3v) is 12.4. The number of benzene rings is 3. The Balaban J connectivity index is 0.000000175. The van der Waals surface area contributed by atoms with Crippen LogP contribution in [0.5, 0.6) is 0 Å². The van der Waals surface area contributed by atoms with Gasteiger partial charge in [-0.05, 0) is 79.5 Å². The maximum absolute atomic E-state index is 12.9. The molecule has 0 unspecified atom stereocenters. The second-order valence-electron chi connectivity index (χ2n) is 17.0. The zero-order valence-electron chi connectivity index (χ0n) is 37.7. The fourth-order valence-electron chi connectivity index (χ4n) is 8.62. The van der Waals surface area contributed by atoms with E-state index in [4.69, 9.17) is 0 Å². The number of amides is 2. The van der Waals surface area contributed by atoms with E-state index in [1.54, 1.807) is 39.0 Å². The molecule has 17 heteroatoms. The summed E-state index contributed by atoms with van der Waals surface area (Å²) in [6.07, 6.45) is 28.3. The van der Waals surface area contributed by atoms with Crippen molar-refractivity contribution < 1.29 is 30.0 Å². The number of nitrogens with zero attached hydrogens (tertiary/aromatic N) is 13. The molecule has 66 heavy (non-hydrogen) atoms. The molecule has 2 amide bonds. The van der Waals surface area contributed by atoms with Gasteiger partial charge in [0.15, 0.2) is 0 Å². The van der Waals surface area contributed by atoms with Crippen molar-refractivity contribution in [2.24, 2.45) is 0 Å². The van der Waals surface area contributed by atoms with Crippen molar-refractivity contribution in [3.63, 3.8) is 0 Å². The van der Waals surface area contributed by atoms with Crippen molar-refractivity contribution in [1.29, 1.82) is 0 Å². The predicted molar refractivity (Wildman–Crippen MR) is 249 cm³/mol. The Morgan fingerprint density at radius 2 is 1.14 bits per heavy atom. The summed E-state index contributed by atoms with van der Waals surface area (Å²) in [5.74, 6) is 1.08. The Morgan fingerprint density at radius 1 is 0.621 bits per heavy atom. The molecule has 10 rings (SSSR count). The van der Waals surface area contributed by atoms with E-state index < -0.39 is 0 Å². The normalized spacial score (nSPS) is 15.1. The second-order valence-corrected chi connectivity index (χ2v) is 17.0. The molecule has 0 radical (unpaired) electrons. The number of carbonyl (C=O) groups excluding carboxylic acids is 2. The Kier molecular flexibility index (Phi) is 17.0. The first-order valence-corrected chi connectivity index (χ1v) is 22.9. The number of imidazole rings is 2. The van der Waals surface area contributed by atoms with Crippen LogP contribution >= 0.6 is 0 Å². The standard InChI is InChI=1S/C25H27N7O.C18H21N7O.C6H10.Pd/c1-30(22-13-6-3-7-14-22)25(33)31-17-23(26-18-31)20-11-8-12-21(15-20)24-27-29-32(28-24)16-19-9-4-2-5-10-19;1-24(15-8-3-2-4-9-15)18(26)25-11-16(19-12-25)13-6-5-7-14(10-13)17-20-22-23-21-17;1-2-4-6-5-3-1;/h2,4-5,8-12,15,17-18,22H,3,6-7,13-14,16H2,1H3;5-7,10-12,15H,2-4,8-9H2,1H3,(H,20,21,22,23);1-2H,3-6H2;. The Bertz CT molecular complexity index is 2600. The van der Waals surface area contributed by atoms with Crippen molar-refractivity contribution in [3.05, 3.63) is 122 Å². The summed E-state index contributed by atoms with van der Waals surface area (Å²) >= 11 is 0. The Morgan fingerprint density at radius 3 is 1.62 bits per heavy atom. The van der Waals surface area contributed by atoms with Crippen LogP contribution in [-0.4, -0.2) is 108 Å². The summed E-state index contributed by atoms with van der Waals surface area (Å²) in [4.78, 5) is 39.9. The SMILES string of the molecule is C1=CCCCC1.CN(C(=O)n1cnc(-c2cccc(-c3nn[nH]n3)c2)c1)C1CCCCC1.CN(C(=O)n1cnc(-c2cccc(-c3nnn(Cc4ccccc4)n3)c2)c1)C1CCCCC1.[Pd]. The number of H-pyrrole nitrogens is 1. The first-order chi connectivity index (χ1) is 31.9. The summed E-state index contributed by atoms with van der Waals surface area (Å²) < 4.78 is 3.13. The van der Waals surface area contributed by atoms with Crippen LogP contribution in [0.2, 0.25) is 0 Å². The molecule has 16 nitrogen and oxygen atoms in total. The zero-order chi connectivity index (χ0) is 44.8. The number of rotatable bonds is 8. The van der Waals surface area contributed by atoms with Gasteiger partial charge in [-0.25, -0.2) is 19.6 Å². The van der Waals surface area contributed by atoms with Gasteiger partial charge in [-0.3, -0.25) is 9.13 Å². The van der Waals surface area contributed by atoms with Gasteiger partial charge in [0.25, 0.3) is 0 Å². The fourth-order valence-corrected chi connectivity index (χ4v) is 8.62. The van der Waals surface area contributed by atoms with Gasteiger partial charge in [-0.15, -0.1) is 20.4 Å². The van der Waals surface area contributed by atoms with Crippen LogP contribution in [0.15, 0.2) is 116 Å². The van der Waals surface area contributed by atoms with Gasteiger partial charge >= 0.3 is 12.1 Å². The van der Waals surface area contributed by atoms with E-state index in [2.05, 4.69) is 58.2 Å². The molecule has 0 aliphatic heterocycles. The van der Waals surface area contributed by atoms with Gasteiger partial charge in [0.05, 0.1) is 17.9 Å². The molecule has 4 heterocycles. The molecule has 3 aliphatic carbocycles. The zero-order valence-corrected chi connectivity index (χ0v) is 39.2. The van der Waals surface area contributed by atoms with Gasteiger partial charge in [-0.1, -0.05) is 117 Å². The van der Waals surface area contributed by atoms with Crippen LogP contribution in [0.25, 0.3) is 45.3 Å². The van der Waals surface area contributed by atoms with Crippen LogP contribution in [0.4, 0.5) is 9.59 Å². The second kappa shape index (κ2) is 23.7. The molecule has 7 aromatic rings.